The summed E-state index contributed by atoms with van der Waals surface area (Å²) in [6.45, 7) is 0. The molecule has 1 atom stereocenters. The van der Waals surface area contributed by atoms with E-state index in [-0.39, 0.29) is 37.7 Å². The monoisotopic (exact) mass is 296 g/mol. The van der Waals surface area contributed by atoms with Gasteiger partial charge in [0.05, 0.1) is 7.82 Å². The molecular formula is H3CaO10P3. The summed E-state index contributed by atoms with van der Waals surface area (Å²) in [5.74, 6) is 0. The molecular weight excluding hydrogens is 293 g/mol. The van der Waals surface area contributed by atoms with Gasteiger partial charge >= 0.3 is 53.4 Å². The Kier molecular flexibility index (Phi) is 7.52. The van der Waals surface area contributed by atoms with Crippen LogP contribution in [0.4, 0.5) is 0 Å². The fourth-order valence-electron chi connectivity index (χ4n) is 0.276. The Morgan fingerprint density at radius 2 is 1.29 bits per heavy atom. The minimum absolute atomic E-state index is 0. The molecule has 10 nitrogen and oxygen atoms in total. The van der Waals surface area contributed by atoms with E-state index in [1.54, 1.807) is 0 Å². The quantitative estimate of drug-likeness (QED) is 0.376. The first kappa shape index (κ1) is 18.0. The first-order chi connectivity index (χ1) is 5.41. The smallest absolute Gasteiger partial charge is 0.789 e. The van der Waals surface area contributed by atoms with E-state index in [4.69, 9.17) is 14.7 Å². The fourth-order valence-corrected chi connectivity index (χ4v) is 2.75. The zero-order valence-electron chi connectivity index (χ0n) is 6.25. The molecule has 0 rings (SSSR count). The summed E-state index contributed by atoms with van der Waals surface area (Å²) in [5.41, 5.74) is 0. The van der Waals surface area contributed by atoms with Gasteiger partial charge in [-0.2, -0.15) is 4.31 Å². The molecule has 3 N–H and O–H groups in total. The van der Waals surface area contributed by atoms with Crippen LogP contribution in [-0.4, -0.2) is 52.4 Å². The maximum atomic E-state index is 10.3. The van der Waals surface area contributed by atoms with Crippen LogP contribution in [0.1, 0.15) is 0 Å². The van der Waals surface area contributed by atoms with Crippen LogP contribution in [0.2, 0.25) is 0 Å². The molecule has 0 amide bonds. The Labute approximate surface area is 107 Å². The van der Waals surface area contributed by atoms with Crippen molar-refractivity contribution >= 4 is 61.2 Å². The van der Waals surface area contributed by atoms with Crippen molar-refractivity contribution in [3.63, 3.8) is 0 Å². The molecule has 14 heavy (non-hydrogen) atoms. The van der Waals surface area contributed by atoms with E-state index >= 15 is 0 Å². The van der Waals surface area contributed by atoms with Crippen LogP contribution in [0.5, 0.6) is 0 Å². The minimum Gasteiger partial charge on any atom is -0.789 e. The molecule has 0 saturated carbocycles. The van der Waals surface area contributed by atoms with Gasteiger partial charge in [0.2, 0.25) is 0 Å². The molecule has 80 valence electrons. The van der Waals surface area contributed by atoms with Crippen molar-refractivity contribution in [1.29, 1.82) is 0 Å². The molecule has 0 aliphatic rings. The van der Waals surface area contributed by atoms with Crippen LogP contribution >= 0.6 is 23.5 Å². The predicted molar refractivity (Wildman–Crippen MR) is 37.4 cm³/mol. The van der Waals surface area contributed by atoms with Crippen molar-refractivity contribution in [2.45, 2.75) is 0 Å². The van der Waals surface area contributed by atoms with Crippen LogP contribution in [0.3, 0.4) is 0 Å². The van der Waals surface area contributed by atoms with Gasteiger partial charge in [0.25, 0.3) is 0 Å². The van der Waals surface area contributed by atoms with E-state index in [9.17, 15) is 23.5 Å². The van der Waals surface area contributed by atoms with Crippen molar-refractivity contribution in [3.05, 3.63) is 0 Å². The second kappa shape index (κ2) is 5.84. The van der Waals surface area contributed by atoms with Gasteiger partial charge in [0, 0.05) is 0 Å². The maximum absolute atomic E-state index is 10.3. The van der Waals surface area contributed by atoms with Gasteiger partial charge < -0.3 is 29.0 Å². The van der Waals surface area contributed by atoms with E-state index in [0.717, 1.165) is 0 Å². The molecule has 0 aliphatic carbocycles. The van der Waals surface area contributed by atoms with E-state index < -0.39 is 23.5 Å². The van der Waals surface area contributed by atoms with Crippen molar-refractivity contribution in [2.75, 3.05) is 0 Å². The third kappa shape index (κ3) is 11.7. The van der Waals surface area contributed by atoms with Crippen molar-refractivity contribution in [1.82, 2.24) is 0 Å². The number of hydrogen-bond donors (Lipinski definition) is 3. The summed E-state index contributed by atoms with van der Waals surface area (Å²) in [6.07, 6.45) is 0. The van der Waals surface area contributed by atoms with E-state index in [1.165, 1.54) is 0 Å². The Hall–Kier alpha value is 1.67. The second-order valence-corrected chi connectivity index (χ2v) is 5.69. The summed E-state index contributed by atoms with van der Waals surface area (Å²) in [7, 11) is -16.9. The Bertz CT molecular complexity index is 277. The van der Waals surface area contributed by atoms with Crippen molar-refractivity contribution < 1.29 is 46.8 Å². The molecule has 0 bridgehead atoms. The molecule has 1 unspecified atom stereocenters. The van der Waals surface area contributed by atoms with E-state index in [2.05, 4.69) is 8.62 Å². The standard InChI is InChI=1S/Ca.H5O10P3/c;1-11(2,3)9-13(7,8)10-12(4,5)6/h;(H,7,8)(H2,1,2,3)(H2,4,5,6)/q+2;/p-2. The third-order valence-corrected chi connectivity index (χ3v) is 3.71. The first-order valence-electron chi connectivity index (χ1n) is 2.24. The van der Waals surface area contributed by atoms with Crippen molar-refractivity contribution in [2.24, 2.45) is 0 Å². The van der Waals surface area contributed by atoms with Crippen LogP contribution in [-0.2, 0) is 22.3 Å². The minimum atomic E-state index is -5.85. The molecule has 0 aromatic carbocycles. The molecule has 0 aromatic rings. The largest absolute Gasteiger partial charge is 2.00 e. The summed E-state index contributed by atoms with van der Waals surface area (Å²) in [4.78, 5) is 43.5. The average Bonchev–Trinajstić information content (AvgIpc) is 1.43. The van der Waals surface area contributed by atoms with Crippen LogP contribution < -0.4 is 9.79 Å². The summed E-state index contributed by atoms with van der Waals surface area (Å²) >= 11 is 0. The molecule has 0 radical (unpaired) electrons. The molecule has 0 aliphatic heterocycles. The summed E-state index contributed by atoms with van der Waals surface area (Å²) in [6, 6.07) is 0. The first-order valence-corrected chi connectivity index (χ1v) is 6.73. The van der Waals surface area contributed by atoms with Crippen LogP contribution in [0.25, 0.3) is 0 Å². The van der Waals surface area contributed by atoms with Gasteiger partial charge in [-0.15, -0.1) is 0 Å². The van der Waals surface area contributed by atoms with E-state index in [0.29, 0.717) is 0 Å². The number of rotatable bonds is 4. The predicted octanol–water partition coefficient (Wildman–Crippen LogP) is -2.34. The molecule has 0 aromatic heterocycles. The van der Waals surface area contributed by atoms with Gasteiger partial charge in [-0.1, -0.05) is 0 Å². The SMILES string of the molecule is O=P([O-])([O-])OP(=O)(O)OP(=O)(O)O.[Ca+2]. The third-order valence-electron chi connectivity index (χ3n) is 0.413. The van der Waals surface area contributed by atoms with E-state index in [1.807, 2.05) is 0 Å². The number of phosphoric acid groups is 3. The van der Waals surface area contributed by atoms with Gasteiger partial charge in [-0.05, 0) is 0 Å². The zero-order chi connectivity index (χ0) is 10.9. The average molecular weight is 296 g/mol. The fraction of sp³-hybridized carbons (Fsp3) is 0. The second-order valence-electron chi connectivity index (χ2n) is 1.57. The normalized spacial score (nSPS) is 16.9. The van der Waals surface area contributed by atoms with Gasteiger partial charge in [0.15, 0.2) is 0 Å². The number of hydrogen-bond acceptors (Lipinski definition) is 7. The Morgan fingerprint density at radius 1 is 0.929 bits per heavy atom. The summed E-state index contributed by atoms with van der Waals surface area (Å²) in [5, 5.41) is 0. The van der Waals surface area contributed by atoms with Crippen molar-refractivity contribution in [3.8, 4) is 0 Å². The molecule has 0 fully saturated rings. The molecule has 0 heterocycles. The Balaban J connectivity index is 0. The maximum Gasteiger partial charge on any atom is 2.00 e. The topological polar surface area (TPSA) is 176 Å². The van der Waals surface area contributed by atoms with Crippen LogP contribution in [0, 0.1) is 0 Å². The summed E-state index contributed by atoms with van der Waals surface area (Å²) < 4.78 is 35.7. The molecule has 0 spiro atoms. The van der Waals surface area contributed by atoms with Gasteiger partial charge in [0.1, 0.15) is 0 Å². The Morgan fingerprint density at radius 3 is 1.50 bits per heavy atom. The van der Waals surface area contributed by atoms with Gasteiger partial charge in [-0.3, -0.25) is 4.31 Å². The zero-order valence-corrected chi connectivity index (χ0v) is 11.1. The molecule has 0 saturated heterocycles. The molecule has 14 heteroatoms. The van der Waals surface area contributed by atoms with Crippen LogP contribution in [0.15, 0.2) is 0 Å². The van der Waals surface area contributed by atoms with Gasteiger partial charge in [-0.25, -0.2) is 9.13 Å².